The third-order valence-corrected chi connectivity index (χ3v) is 8.43. The molecule has 0 unspecified atom stereocenters. The van der Waals surface area contributed by atoms with E-state index < -0.39 is 58.6 Å². The zero-order valence-electron chi connectivity index (χ0n) is 25.6. The summed E-state index contributed by atoms with van der Waals surface area (Å²) in [6.45, 7) is 18.5. The van der Waals surface area contributed by atoms with Gasteiger partial charge in [-0.05, 0) is 46.8 Å². The van der Waals surface area contributed by atoms with Crippen molar-refractivity contribution in [1.29, 1.82) is 0 Å². The maximum absolute atomic E-state index is 14.2. The number of aryl methyl sites for hydroxylation is 1. The predicted octanol–water partition coefficient (Wildman–Crippen LogP) is 3.59. The second-order valence-corrected chi connectivity index (χ2v) is 14.0. The maximum atomic E-state index is 14.2. The highest BCUT2D eigenvalue weighted by Crippen LogP contribution is 2.42. The van der Waals surface area contributed by atoms with Crippen LogP contribution in [0.3, 0.4) is 0 Å². The maximum Gasteiger partial charge on any atom is 0.268 e. The summed E-state index contributed by atoms with van der Waals surface area (Å²) in [6.07, 6.45) is 0. The van der Waals surface area contributed by atoms with Gasteiger partial charge in [-0.25, -0.2) is 0 Å². The number of amides is 3. The molecule has 3 amide bonds. The standard InChI is InChI=1S/C31H46N4O5/c1-17-12-11-13-20-19(17)14-21(32-20)26(38)34-24(30(6,7)8)28(40)35-15-18(2)31(9,10)25(35)27(39)33-23(22(37)16-36)29(3,4)5/h11-14,18,23-25,32,36H,15-16H2,1-10H3,(H,33,39)(H,34,38)/t18-,23-,24-,25-/m1/s1. The topological polar surface area (TPSA) is 132 Å². The van der Waals surface area contributed by atoms with E-state index in [9.17, 15) is 24.3 Å². The monoisotopic (exact) mass is 554 g/mol. The average Bonchev–Trinajstić information content (AvgIpc) is 3.38. The van der Waals surface area contributed by atoms with E-state index in [1.54, 1.807) is 11.0 Å². The number of rotatable bonds is 7. The lowest BCUT2D eigenvalue weighted by Crippen LogP contribution is -2.61. The van der Waals surface area contributed by atoms with Crippen LogP contribution in [0.5, 0.6) is 0 Å². The molecular formula is C31H46N4O5. The molecule has 1 fully saturated rings. The number of H-pyrrole nitrogens is 1. The van der Waals surface area contributed by atoms with Crippen molar-refractivity contribution in [3.8, 4) is 0 Å². The summed E-state index contributed by atoms with van der Waals surface area (Å²) in [5.74, 6) is -1.73. The number of benzene rings is 1. The van der Waals surface area contributed by atoms with Crippen molar-refractivity contribution < 1.29 is 24.3 Å². The Balaban J connectivity index is 1.94. The Hall–Kier alpha value is -3.20. The predicted molar refractivity (Wildman–Crippen MR) is 156 cm³/mol. The van der Waals surface area contributed by atoms with E-state index in [1.807, 2.05) is 87.4 Å². The molecule has 2 heterocycles. The molecule has 0 radical (unpaired) electrons. The van der Waals surface area contributed by atoms with E-state index in [-0.39, 0.29) is 11.8 Å². The second kappa shape index (κ2) is 11.0. The van der Waals surface area contributed by atoms with Crippen LogP contribution in [0.25, 0.3) is 10.9 Å². The minimum absolute atomic E-state index is 0.0261. The lowest BCUT2D eigenvalue weighted by molar-refractivity contribution is -0.145. The number of nitrogens with zero attached hydrogens (tertiary/aromatic N) is 1. The Bertz CT molecular complexity index is 1300. The van der Waals surface area contributed by atoms with Crippen LogP contribution in [0.4, 0.5) is 0 Å². The van der Waals surface area contributed by atoms with E-state index in [1.165, 1.54) is 0 Å². The number of hydrogen-bond donors (Lipinski definition) is 4. The van der Waals surface area contributed by atoms with Gasteiger partial charge in [-0.2, -0.15) is 0 Å². The smallest absolute Gasteiger partial charge is 0.268 e. The number of aliphatic hydroxyl groups is 1. The first-order chi connectivity index (χ1) is 18.3. The fraction of sp³-hybridized carbons (Fsp3) is 0.613. The van der Waals surface area contributed by atoms with Crippen LogP contribution >= 0.6 is 0 Å². The molecule has 0 spiro atoms. The van der Waals surface area contributed by atoms with Crippen LogP contribution in [0.2, 0.25) is 0 Å². The molecule has 0 aliphatic carbocycles. The minimum Gasteiger partial charge on any atom is -0.389 e. The second-order valence-electron chi connectivity index (χ2n) is 14.0. The molecule has 3 rings (SSSR count). The van der Waals surface area contributed by atoms with Crippen LogP contribution in [0, 0.1) is 29.1 Å². The van der Waals surface area contributed by atoms with Gasteiger partial charge in [0.25, 0.3) is 5.91 Å². The molecule has 0 saturated carbocycles. The van der Waals surface area contributed by atoms with Gasteiger partial charge < -0.3 is 25.6 Å². The molecule has 1 saturated heterocycles. The first kappa shape index (κ1) is 31.3. The van der Waals surface area contributed by atoms with Crippen molar-refractivity contribution in [3.63, 3.8) is 0 Å². The summed E-state index contributed by atoms with van der Waals surface area (Å²) in [7, 11) is 0. The zero-order valence-corrected chi connectivity index (χ0v) is 25.6. The van der Waals surface area contributed by atoms with Crippen LogP contribution in [0.1, 0.15) is 78.4 Å². The fourth-order valence-corrected chi connectivity index (χ4v) is 5.55. The number of aliphatic hydroxyl groups excluding tert-OH is 1. The summed E-state index contributed by atoms with van der Waals surface area (Å²) in [6, 6.07) is 4.86. The number of hydrogen-bond acceptors (Lipinski definition) is 5. The van der Waals surface area contributed by atoms with Gasteiger partial charge >= 0.3 is 0 Å². The molecule has 0 bridgehead atoms. The first-order valence-electron chi connectivity index (χ1n) is 13.9. The molecule has 9 heteroatoms. The Kier molecular flexibility index (Phi) is 8.61. The third-order valence-electron chi connectivity index (χ3n) is 8.43. The number of carbonyl (C=O) groups is 4. The first-order valence-corrected chi connectivity index (χ1v) is 13.9. The largest absolute Gasteiger partial charge is 0.389 e. The van der Waals surface area contributed by atoms with Crippen molar-refractivity contribution in [3.05, 3.63) is 35.5 Å². The molecule has 220 valence electrons. The van der Waals surface area contributed by atoms with Gasteiger partial charge in [0.05, 0.1) is 6.04 Å². The molecule has 1 aliphatic rings. The van der Waals surface area contributed by atoms with E-state index >= 15 is 0 Å². The van der Waals surface area contributed by atoms with Gasteiger partial charge in [0, 0.05) is 17.4 Å². The molecule has 2 aromatic rings. The number of aromatic amines is 1. The quantitative estimate of drug-likeness (QED) is 0.415. The number of ketones is 1. The van der Waals surface area contributed by atoms with Crippen LogP contribution in [-0.2, 0) is 14.4 Å². The Labute approximate surface area is 237 Å². The third kappa shape index (κ3) is 6.09. The zero-order chi connectivity index (χ0) is 30.4. The summed E-state index contributed by atoms with van der Waals surface area (Å²) in [4.78, 5) is 58.7. The van der Waals surface area contributed by atoms with Crippen LogP contribution < -0.4 is 10.6 Å². The lowest BCUT2D eigenvalue weighted by atomic mass is 9.76. The highest BCUT2D eigenvalue weighted by Gasteiger charge is 2.54. The van der Waals surface area contributed by atoms with Gasteiger partial charge in [0.15, 0.2) is 5.78 Å². The van der Waals surface area contributed by atoms with Gasteiger partial charge in [0.1, 0.15) is 24.4 Å². The van der Waals surface area contributed by atoms with Gasteiger partial charge in [0.2, 0.25) is 11.8 Å². The van der Waals surface area contributed by atoms with E-state index in [0.29, 0.717) is 12.2 Å². The van der Waals surface area contributed by atoms with Crippen molar-refractivity contribution in [1.82, 2.24) is 20.5 Å². The molecule has 4 N–H and O–H groups in total. The summed E-state index contributed by atoms with van der Waals surface area (Å²) >= 11 is 0. The van der Waals surface area contributed by atoms with E-state index in [0.717, 1.165) is 16.5 Å². The highest BCUT2D eigenvalue weighted by atomic mass is 16.3. The van der Waals surface area contributed by atoms with Gasteiger partial charge in [-0.15, -0.1) is 0 Å². The summed E-state index contributed by atoms with van der Waals surface area (Å²) in [5, 5.41) is 16.2. The normalized spacial score (nSPS) is 20.7. The number of aromatic nitrogens is 1. The van der Waals surface area contributed by atoms with Gasteiger partial charge in [-0.1, -0.05) is 74.4 Å². The van der Waals surface area contributed by atoms with Crippen molar-refractivity contribution in [2.45, 2.75) is 87.4 Å². The van der Waals surface area contributed by atoms with Crippen molar-refractivity contribution in [2.24, 2.45) is 22.2 Å². The van der Waals surface area contributed by atoms with E-state index in [2.05, 4.69) is 15.6 Å². The van der Waals surface area contributed by atoms with Crippen LogP contribution in [-0.4, -0.2) is 69.8 Å². The van der Waals surface area contributed by atoms with Crippen molar-refractivity contribution in [2.75, 3.05) is 13.2 Å². The molecule has 1 aliphatic heterocycles. The lowest BCUT2D eigenvalue weighted by Gasteiger charge is -2.39. The Morgan fingerprint density at radius 3 is 2.17 bits per heavy atom. The molecule has 1 aromatic carbocycles. The number of fused-ring (bicyclic) bond motifs is 1. The number of likely N-dealkylation sites (tertiary alicyclic amines) is 1. The average molecular weight is 555 g/mol. The Morgan fingerprint density at radius 2 is 1.65 bits per heavy atom. The Morgan fingerprint density at radius 1 is 1.05 bits per heavy atom. The number of nitrogens with one attached hydrogen (secondary N) is 3. The van der Waals surface area contributed by atoms with Crippen molar-refractivity contribution >= 4 is 34.4 Å². The molecule has 40 heavy (non-hydrogen) atoms. The molecule has 9 nitrogen and oxygen atoms in total. The number of carbonyl (C=O) groups excluding carboxylic acids is 4. The minimum atomic E-state index is -0.919. The summed E-state index contributed by atoms with van der Waals surface area (Å²) in [5.41, 5.74) is 0.316. The fourth-order valence-electron chi connectivity index (χ4n) is 5.55. The molecule has 4 atom stereocenters. The molecular weight excluding hydrogens is 508 g/mol. The van der Waals surface area contributed by atoms with Crippen LogP contribution in [0.15, 0.2) is 24.3 Å². The van der Waals surface area contributed by atoms with E-state index in [4.69, 9.17) is 0 Å². The highest BCUT2D eigenvalue weighted by molar-refractivity contribution is 6.02. The molecule has 1 aromatic heterocycles. The number of Topliss-reactive ketones (excluding diaryl/α,β-unsaturated/α-hetero) is 1. The SMILES string of the molecule is Cc1cccc2[nH]c(C(=O)N[C@H](C(=O)N3C[C@@H](C)C(C)(C)[C@H]3C(=O)N[C@H](C(=O)CO)C(C)(C)C)C(C)(C)C)cc12. The summed E-state index contributed by atoms with van der Waals surface area (Å²) < 4.78 is 0. The van der Waals surface area contributed by atoms with Gasteiger partial charge in [-0.3, -0.25) is 19.2 Å².